The van der Waals surface area contributed by atoms with E-state index in [-0.39, 0.29) is 22.3 Å². The lowest BCUT2D eigenvalue weighted by molar-refractivity contribution is 0.0924. The maximum absolute atomic E-state index is 12.5. The van der Waals surface area contributed by atoms with Gasteiger partial charge < -0.3 is 9.73 Å². The molecule has 0 radical (unpaired) electrons. The highest BCUT2D eigenvalue weighted by atomic mass is 32.2. The van der Waals surface area contributed by atoms with E-state index in [1.54, 1.807) is 36.4 Å². The third-order valence-corrected chi connectivity index (χ3v) is 6.15. The van der Waals surface area contributed by atoms with Gasteiger partial charge in [0.25, 0.3) is 5.91 Å². The van der Waals surface area contributed by atoms with Gasteiger partial charge in [0, 0.05) is 12.1 Å². The van der Waals surface area contributed by atoms with Gasteiger partial charge in [0.15, 0.2) is 15.6 Å². The maximum atomic E-state index is 12.5. The number of nitrogens with one attached hydrogen (secondary N) is 1. The fourth-order valence-electron chi connectivity index (χ4n) is 2.93. The maximum Gasteiger partial charge on any atom is 0.287 e. The molecule has 0 fully saturated rings. The fraction of sp³-hybridized carbons (Fsp3) is 0.476. The van der Waals surface area contributed by atoms with Crippen LogP contribution in [0.2, 0.25) is 0 Å². The first kappa shape index (κ1) is 21.2. The second kappa shape index (κ2) is 10.9. The molecule has 6 heteroatoms. The monoisotopic (exact) mass is 391 g/mol. The average Bonchev–Trinajstić information content (AvgIpc) is 3.12. The zero-order valence-corrected chi connectivity index (χ0v) is 16.8. The molecule has 2 aromatic rings. The van der Waals surface area contributed by atoms with Crippen LogP contribution in [0, 0.1) is 0 Å². The lowest BCUT2D eigenvalue weighted by Gasteiger charge is -2.07. The van der Waals surface area contributed by atoms with E-state index in [2.05, 4.69) is 12.2 Å². The average molecular weight is 392 g/mol. The molecule has 1 aromatic carbocycles. The predicted molar refractivity (Wildman–Crippen MR) is 106 cm³/mol. The lowest BCUT2D eigenvalue weighted by atomic mass is 10.1. The highest BCUT2D eigenvalue weighted by Crippen LogP contribution is 2.20. The van der Waals surface area contributed by atoms with Crippen LogP contribution >= 0.6 is 0 Å². The largest absolute Gasteiger partial charge is 0.459 e. The van der Waals surface area contributed by atoms with Crippen molar-refractivity contribution in [1.82, 2.24) is 5.32 Å². The lowest BCUT2D eigenvalue weighted by Crippen LogP contribution is -2.25. The molecule has 0 bridgehead atoms. The Bertz CT molecular complexity index is 797. The normalized spacial score (nSPS) is 11.4. The van der Waals surface area contributed by atoms with Gasteiger partial charge in [-0.2, -0.15) is 0 Å². The van der Waals surface area contributed by atoms with Crippen molar-refractivity contribution >= 4 is 15.7 Å². The number of carbonyl (C=O) groups excluding carboxylic acids is 1. The Hall–Kier alpha value is -2.08. The molecule has 1 heterocycles. The van der Waals surface area contributed by atoms with Gasteiger partial charge in [0.05, 0.1) is 16.9 Å². The SMILES string of the molecule is CCCCCCCCCNC(=O)c1occc1CS(=O)(=O)c1ccccc1. The number of unbranched alkanes of at least 4 members (excludes halogenated alkanes) is 6. The Morgan fingerprint density at radius 2 is 1.63 bits per heavy atom. The number of sulfone groups is 1. The molecular weight excluding hydrogens is 362 g/mol. The van der Waals surface area contributed by atoms with Crippen molar-refractivity contribution in [3.05, 3.63) is 54.0 Å². The molecule has 0 saturated carbocycles. The second-order valence-corrected chi connectivity index (χ2v) is 8.71. The first-order valence-electron chi connectivity index (χ1n) is 9.67. The van der Waals surface area contributed by atoms with Crippen molar-refractivity contribution in [3.63, 3.8) is 0 Å². The topological polar surface area (TPSA) is 76.4 Å². The summed E-state index contributed by atoms with van der Waals surface area (Å²) in [6.45, 7) is 2.77. The Balaban J connectivity index is 1.83. The van der Waals surface area contributed by atoms with Crippen LogP contribution in [0.25, 0.3) is 0 Å². The number of carbonyl (C=O) groups is 1. The predicted octanol–water partition coefficient (Wildman–Crippen LogP) is 4.73. The standard InChI is InChI=1S/C21H29NO4S/c1-2-3-4-5-6-7-11-15-22-21(23)20-18(14-16-26-20)17-27(24,25)19-12-9-8-10-13-19/h8-10,12-14,16H,2-7,11,15,17H2,1H3,(H,22,23). The van der Waals surface area contributed by atoms with Crippen LogP contribution in [0.4, 0.5) is 0 Å². The summed E-state index contributed by atoms with van der Waals surface area (Å²) in [4.78, 5) is 12.6. The van der Waals surface area contributed by atoms with Gasteiger partial charge in [-0.05, 0) is 24.6 Å². The Morgan fingerprint density at radius 3 is 2.33 bits per heavy atom. The van der Waals surface area contributed by atoms with Gasteiger partial charge in [-0.1, -0.05) is 63.6 Å². The van der Waals surface area contributed by atoms with Crippen molar-refractivity contribution in [2.75, 3.05) is 6.54 Å². The molecule has 0 unspecified atom stereocenters. The number of hydrogen-bond donors (Lipinski definition) is 1. The van der Waals surface area contributed by atoms with Crippen molar-refractivity contribution in [1.29, 1.82) is 0 Å². The van der Waals surface area contributed by atoms with Crippen LogP contribution in [-0.2, 0) is 15.6 Å². The summed E-state index contributed by atoms with van der Waals surface area (Å²) in [5.41, 5.74) is 0.385. The van der Waals surface area contributed by atoms with E-state index in [1.165, 1.54) is 38.4 Å². The summed E-state index contributed by atoms with van der Waals surface area (Å²) < 4.78 is 30.3. The fourth-order valence-corrected chi connectivity index (χ4v) is 4.30. The summed E-state index contributed by atoms with van der Waals surface area (Å²) >= 11 is 0. The minimum Gasteiger partial charge on any atom is -0.459 e. The molecule has 27 heavy (non-hydrogen) atoms. The van der Waals surface area contributed by atoms with Crippen molar-refractivity contribution < 1.29 is 17.6 Å². The van der Waals surface area contributed by atoms with Crippen LogP contribution in [0.5, 0.6) is 0 Å². The van der Waals surface area contributed by atoms with Crippen molar-refractivity contribution in [3.8, 4) is 0 Å². The minimum absolute atomic E-state index is 0.0810. The molecule has 0 aliphatic heterocycles. The van der Waals surface area contributed by atoms with Crippen molar-refractivity contribution in [2.24, 2.45) is 0 Å². The number of furan rings is 1. The molecule has 2 rings (SSSR count). The second-order valence-electron chi connectivity index (χ2n) is 6.72. The molecule has 0 spiro atoms. The van der Waals surface area contributed by atoms with E-state index in [1.807, 2.05) is 0 Å². The summed E-state index contributed by atoms with van der Waals surface area (Å²) in [5, 5.41) is 2.83. The first-order valence-corrected chi connectivity index (χ1v) is 11.3. The molecule has 5 nitrogen and oxygen atoms in total. The Morgan fingerprint density at radius 1 is 0.963 bits per heavy atom. The van der Waals surface area contributed by atoms with Gasteiger partial charge >= 0.3 is 0 Å². The summed E-state index contributed by atoms with van der Waals surface area (Å²) in [6.07, 6.45) is 9.56. The van der Waals surface area contributed by atoms with Gasteiger partial charge in [0.1, 0.15) is 0 Å². The van der Waals surface area contributed by atoms with Gasteiger partial charge in [-0.15, -0.1) is 0 Å². The number of benzene rings is 1. The Kier molecular flexibility index (Phi) is 8.58. The van der Waals surface area contributed by atoms with E-state index in [0.29, 0.717) is 12.1 Å². The zero-order chi connectivity index (χ0) is 19.5. The van der Waals surface area contributed by atoms with Crippen LogP contribution in [0.3, 0.4) is 0 Å². The van der Waals surface area contributed by atoms with Gasteiger partial charge in [0.2, 0.25) is 0 Å². The molecule has 148 valence electrons. The number of rotatable bonds is 12. The molecule has 0 atom stereocenters. The Labute approximate surface area is 162 Å². The molecule has 1 amide bonds. The van der Waals surface area contributed by atoms with E-state index in [9.17, 15) is 13.2 Å². The molecular formula is C21H29NO4S. The third-order valence-electron chi connectivity index (χ3n) is 4.47. The number of amides is 1. The van der Waals surface area contributed by atoms with Crippen molar-refractivity contribution in [2.45, 2.75) is 62.5 Å². The first-order chi connectivity index (χ1) is 13.0. The quantitative estimate of drug-likeness (QED) is 0.531. The summed E-state index contributed by atoms with van der Waals surface area (Å²) in [6, 6.07) is 9.77. The highest BCUT2D eigenvalue weighted by Gasteiger charge is 2.22. The molecule has 1 aromatic heterocycles. The summed E-state index contributed by atoms with van der Waals surface area (Å²) in [5.74, 6) is -0.532. The number of hydrogen-bond acceptors (Lipinski definition) is 4. The minimum atomic E-state index is -3.52. The van der Waals surface area contributed by atoms with E-state index in [4.69, 9.17) is 4.42 Å². The van der Waals surface area contributed by atoms with E-state index in [0.717, 1.165) is 12.8 Å². The highest BCUT2D eigenvalue weighted by molar-refractivity contribution is 7.90. The zero-order valence-electron chi connectivity index (χ0n) is 15.9. The van der Waals surface area contributed by atoms with Gasteiger partial charge in [-0.3, -0.25) is 4.79 Å². The molecule has 1 N–H and O–H groups in total. The van der Waals surface area contributed by atoms with Crippen LogP contribution < -0.4 is 5.32 Å². The smallest absolute Gasteiger partial charge is 0.287 e. The summed E-state index contributed by atoms with van der Waals surface area (Å²) in [7, 11) is -3.52. The molecule has 0 aliphatic rings. The molecule has 0 aliphatic carbocycles. The van der Waals surface area contributed by atoms with E-state index < -0.39 is 9.84 Å². The van der Waals surface area contributed by atoms with Crippen LogP contribution in [-0.4, -0.2) is 20.9 Å². The molecule has 0 saturated heterocycles. The van der Waals surface area contributed by atoms with Gasteiger partial charge in [-0.25, -0.2) is 8.42 Å². The van der Waals surface area contributed by atoms with Crippen LogP contribution in [0.15, 0.2) is 52.0 Å². The third kappa shape index (κ3) is 6.86. The van der Waals surface area contributed by atoms with E-state index >= 15 is 0 Å². The van der Waals surface area contributed by atoms with Crippen LogP contribution in [0.1, 0.15) is 68.0 Å².